The highest BCUT2D eigenvalue weighted by Crippen LogP contribution is 2.48. The van der Waals surface area contributed by atoms with Crippen molar-refractivity contribution in [3.8, 4) is 5.75 Å². The normalized spacial score (nSPS) is 18.5. The molecule has 108 valence electrons. The number of benzene rings is 1. The molecule has 0 radical (unpaired) electrons. The van der Waals surface area contributed by atoms with E-state index in [4.69, 9.17) is 11.6 Å². The van der Waals surface area contributed by atoms with Crippen molar-refractivity contribution in [1.29, 1.82) is 0 Å². The standard InChI is InChI=1S/C16H14ClNO3/c1-16(2)10-6-8(17)4-5-11(10)18(3)12(16)7-9-13(19)15(21)14(9)20/h4-7,19H,1-3H3. The molecule has 0 fully saturated rings. The first-order valence-corrected chi connectivity index (χ1v) is 6.91. The van der Waals surface area contributed by atoms with Crippen molar-refractivity contribution < 1.29 is 5.11 Å². The highest BCUT2D eigenvalue weighted by Gasteiger charge is 2.39. The molecule has 1 aliphatic heterocycles. The summed E-state index contributed by atoms with van der Waals surface area (Å²) in [4.78, 5) is 24.6. The Kier molecular flexibility index (Phi) is 2.79. The minimum atomic E-state index is -0.819. The Bertz CT molecular complexity index is 857. The van der Waals surface area contributed by atoms with E-state index in [2.05, 4.69) is 0 Å². The molecule has 0 saturated heterocycles. The molecule has 3 rings (SSSR count). The number of nitrogens with zero attached hydrogens (tertiary/aromatic N) is 1. The number of fused-ring (bicyclic) bond motifs is 1. The van der Waals surface area contributed by atoms with Crippen LogP contribution in [0, 0.1) is 0 Å². The van der Waals surface area contributed by atoms with Crippen molar-refractivity contribution in [2.75, 3.05) is 11.9 Å². The largest absolute Gasteiger partial charge is 0.504 e. The van der Waals surface area contributed by atoms with Gasteiger partial charge in [0, 0.05) is 28.9 Å². The number of rotatable bonds is 1. The van der Waals surface area contributed by atoms with Gasteiger partial charge in [-0.2, -0.15) is 0 Å². The summed E-state index contributed by atoms with van der Waals surface area (Å²) in [5.41, 5.74) is 1.12. The Morgan fingerprint density at radius 1 is 1.24 bits per heavy atom. The van der Waals surface area contributed by atoms with Crippen LogP contribution < -0.4 is 15.8 Å². The number of aromatic hydroxyl groups is 1. The van der Waals surface area contributed by atoms with Crippen LogP contribution in [-0.2, 0) is 5.41 Å². The van der Waals surface area contributed by atoms with Gasteiger partial charge in [-0.3, -0.25) is 9.59 Å². The summed E-state index contributed by atoms with van der Waals surface area (Å²) in [6.07, 6.45) is 1.59. The summed E-state index contributed by atoms with van der Waals surface area (Å²) in [6, 6.07) is 5.63. The lowest BCUT2D eigenvalue weighted by atomic mass is 9.83. The van der Waals surface area contributed by atoms with Gasteiger partial charge in [-0.1, -0.05) is 25.4 Å². The predicted molar refractivity (Wildman–Crippen MR) is 83.9 cm³/mol. The average molecular weight is 304 g/mol. The minimum Gasteiger partial charge on any atom is -0.504 e. The first-order chi connectivity index (χ1) is 9.75. The van der Waals surface area contributed by atoms with E-state index in [1.54, 1.807) is 6.08 Å². The topological polar surface area (TPSA) is 57.6 Å². The molecule has 2 aromatic carbocycles. The Morgan fingerprint density at radius 3 is 2.52 bits per heavy atom. The molecule has 0 bridgehead atoms. The van der Waals surface area contributed by atoms with Gasteiger partial charge in [-0.15, -0.1) is 0 Å². The maximum absolute atomic E-state index is 11.6. The van der Waals surface area contributed by atoms with Gasteiger partial charge in [0.2, 0.25) is 5.43 Å². The van der Waals surface area contributed by atoms with Crippen LogP contribution in [0.4, 0.5) is 5.69 Å². The van der Waals surface area contributed by atoms with E-state index in [-0.39, 0.29) is 11.0 Å². The monoisotopic (exact) mass is 303 g/mol. The number of likely N-dealkylation sites (N-methyl/N-ethyl adjacent to an activating group) is 1. The highest BCUT2D eigenvalue weighted by atomic mass is 35.5. The van der Waals surface area contributed by atoms with Crippen LogP contribution in [0.2, 0.25) is 5.02 Å². The third-order valence-electron chi connectivity index (χ3n) is 4.20. The van der Waals surface area contributed by atoms with E-state index in [1.807, 2.05) is 44.0 Å². The van der Waals surface area contributed by atoms with Gasteiger partial charge in [0.15, 0.2) is 5.75 Å². The molecule has 1 aliphatic rings. The number of hydrogen-bond acceptors (Lipinski definition) is 4. The van der Waals surface area contributed by atoms with E-state index in [0.29, 0.717) is 5.02 Å². The Morgan fingerprint density at radius 2 is 1.90 bits per heavy atom. The zero-order valence-corrected chi connectivity index (χ0v) is 12.7. The fourth-order valence-corrected chi connectivity index (χ4v) is 3.11. The van der Waals surface area contributed by atoms with Crippen LogP contribution in [-0.4, -0.2) is 12.2 Å². The van der Waals surface area contributed by atoms with Crippen molar-refractivity contribution in [2.45, 2.75) is 19.3 Å². The van der Waals surface area contributed by atoms with Crippen molar-refractivity contribution in [3.05, 3.63) is 60.5 Å². The summed E-state index contributed by atoms with van der Waals surface area (Å²) < 4.78 is 0. The maximum atomic E-state index is 11.6. The summed E-state index contributed by atoms with van der Waals surface area (Å²) in [5, 5.41) is 10.2. The number of anilines is 1. The predicted octanol–water partition coefficient (Wildman–Crippen LogP) is 2.41. The van der Waals surface area contributed by atoms with Crippen molar-refractivity contribution in [3.63, 3.8) is 0 Å². The first kappa shape index (κ1) is 13.9. The fourth-order valence-electron chi connectivity index (χ4n) is 2.93. The summed E-state index contributed by atoms with van der Waals surface area (Å²) in [7, 11) is 1.88. The molecular weight excluding hydrogens is 290 g/mol. The molecule has 0 aromatic heterocycles. The summed E-state index contributed by atoms with van der Waals surface area (Å²) in [5.74, 6) is -0.453. The molecule has 0 saturated carbocycles. The zero-order valence-electron chi connectivity index (χ0n) is 11.9. The van der Waals surface area contributed by atoms with Gasteiger partial charge in [0.25, 0.3) is 5.43 Å². The van der Waals surface area contributed by atoms with E-state index in [9.17, 15) is 14.7 Å². The molecule has 1 heterocycles. The number of allylic oxidation sites excluding steroid dienone is 1. The molecular formula is C16H14ClNO3. The second-order valence-corrected chi connectivity index (χ2v) is 6.23. The molecule has 0 spiro atoms. The Balaban J connectivity index is 2.19. The zero-order chi connectivity index (χ0) is 15.5. The van der Waals surface area contributed by atoms with E-state index in [1.165, 1.54) is 0 Å². The van der Waals surface area contributed by atoms with Gasteiger partial charge in [0.05, 0.1) is 5.56 Å². The van der Waals surface area contributed by atoms with Crippen LogP contribution in [0.3, 0.4) is 0 Å². The minimum absolute atomic E-state index is 0.0776. The Hall–Kier alpha value is -2.07. The molecule has 0 aliphatic carbocycles. The molecule has 0 atom stereocenters. The third kappa shape index (κ3) is 1.75. The van der Waals surface area contributed by atoms with Crippen LogP contribution in [0.25, 0.3) is 6.08 Å². The summed E-state index contributed by atoms with van der Waals surface area (Å²) >= 11 is 6.07. The number of halogens is 1. The van der Waals surface area contributed by atoms with Gasteiger partial charge in [-0.25, -0.2) is 0 Å². The molecule has 1 N–H and O–H groups in total. The Labute approximate surface area is 126 Å². The molecule has 0 unspecified atom stereocenters. The summed E-state index contributed by atoms with van der Waals surface area (Å²) in [6.45, 7) is 4.03. The highest BCUT2D eigenvalue weighted by molar-refractivity contribution is 6.30. The van der Waals surface area contributed by atoms with Gasteiger partial charge in [-0.05, 0) is 29.8 Å². The molecule has 0 amide bonds. The van der Waals surface area contributed by atoms with Crippen LogP contribution in [0.15, 0.2) is 33.5 Å². The lowest BCUT2D eigenvalue weighted by Crippen LogP contribution is -2.33. The third-order valence-corrected chi connectivity index (χ3v) is 4.43. The van der Waals surface area contributed by atoms with Crippen molar-refractivity contribution in [1.82, 2.24) is 0 Å². The van der Waals surface area contributed by atoms with E-state index < -0.39 is 16.6 Å². The van der Waals surface area contributed by atoms with Crippen LogP contribution in [0.5, 0.6) is 5.75 Å². The second kappa shape index (κ2) is 4.21. The lowest BCUT2D eigenvalue weighted by Gasteiger charge is -2.24. The molecule has 2 aromatic rings. The van der Waals surface area contributed by atoms with E-state index in [0.717, 1.165) is 16.9 Å². The molecule has 21 heavy (non-hydrogen) atoms. The fraction of sp³-hybridized carbons (Fsp3) is 0.250. The van der Waals surface area contributed by atoms with Crippen LogP contribution >= 0.6 is 11.6 Å². The van der Waals surface area contributed by atoms with Crippen LogP contribution in [0.1, 0.15) is 25.0 Å². The van der Waals surface area contributed by atoms with Crippen molar-refractivity contribution >= 4 is 23.4 Å². The molecule has 5 heteroatoms. The van der Waals surface area contributed by atoms with Gasteiger partial charge >= 0.3 is 0 Å². The van der Waals surface area contributed by atoms with Gasteiger partial charge < -0.3 is 10.0 Å². The first-order valence-electron chi connectivity index (χ1n) is 6.53. The smallest absolute Gasteiger partial charge is 0.268 e. The van der Waals surface area contributed by atoms with Crippen molar-refractivity contribution in [2.24, 2.45) is 0 Å². The second-order valence-electron chi connectivity index (χ2n) is 5.80. The molecule has 4 nitrogen and oxygen atoms in total. The van der Waals surface area contributed by atoms with E-state index >= 15 is 0 Å². The maximum Gasteiger partial charge on any atom is 0.268 e. The number of hydrogen-bond donors (Lipinski definition) is 1. The van der Waals surface area contributed by atoms with Gasteiger partial charge in [0.1, 0.15) is 0 Å². The SMILES string of the molecule is CN1C(=Cc2c(O)c(=O)c2=O)C(C)(C)c2cc(Cl)ccc21. The quantitative estimate of drug-likeness (QED) is 0.822. The lowest BCUT2D eigenvalue weighted by molar-refractivity contribution is 0.461. The average Bonchev–Trinajstić information content (AvgIpc) is 2.63.